The standard InChI is InChI=1S/C20H21BrN2O4/c1-14-2-4-15(5-3-14)12-20(23(25)26)19-11-10-18(13-24)27-22(19)17-8-6-16(21)7-9-17/h2-9,13,18-20H,10-12H2,1H3/t18-,19-,20?/m1/s1. The predicted molar refractivity (Wildman–Crippen MR) is 106 cm³/mol. The van der Waals surface area contributed by atoms with Crippen molar-refractivity contribution >= 4 is 27.9 Å². The van der Waals surface area contributed by atoms with E-state index in [0.29, 0.717) is 24.9 Å². The number of carbonyl (C=O) groups is 1. The van der Waals surface area contributed by atoms with Crippen LogP contribution in [0.4, 0.5) is 5.69 Å². The fourth-order valence-corrected chi connectivity index (χ4v) is 3.59. The summed E-state index contributed by atoms with van der Waals surface area (Å²) in [6.45, 7) is 1.98. The van der Waals surface area contributed by atoms with E-state index in [-0.39, 0.29) is 4.92 Å². The highest BCUT2D eigenvalue weighted by atomic mass is 79.9. The zero-order valence-electron chi connectivity index (χ0n) is 15.0. The first-order valence-corrected chi connectivity index (χ1v) is 9.63. The zero-order valence-corrected chi connectivity index (χ0v) is 16.5. The summed E-state index contributed by atoms with van der Waals surface area (Å²) in [4.78, 5) is 28.7. The van der Waals surface area contributed by atoms with Gasteiger partial charge in [-0.1, -0.05) is 45.8 Å². The lowest BCUT2D eigenvalue weighted by atomic mass is 9.93. The lowest BCUT2D eigenvalue weighted by Gasteiger charge is -2.39. The van der Waals surface area contributed by atoms with Crippen LogP contribution in [-0.4, -0.2) is 29.4 Å². The molecule has 0 amide bonds. The van der Waals surface area contributed by atoms with Gasteiger partial charge in [0.25, 0.3) is 0 Å². The molecule has 3 rings (SSSR count). The largest absolute Gasteiger partial charge is 0.300 e. The van der Waals surface area contributed by atoms with Crippen LogP contribution >= 0.6 is 15.9 Å². The average molecular weight is 433 g/mol. The second-order valence-corrected chi connectivity index (χ2v) is 7.68. The Bertz CT molecular complexity index is 795. The smallest absolute Gasteiger partial charge is 0.239 e. The highest BCUT2D eigenvalue weighted by Crippen LogP contribution is 2.31. The van der Waals surface area contributed by atoms with E-state index in [9.17, 15) is 14.9 Å². The van der Waals surface area contributed by atoms with Crippen LogP contribution in [0.15, 0.2) is 53.0 Å². The van der Waals surface area contributed by atoms with E-state index in [1.54, 1.807) is 5.06 Å². The quantitative estimate of drug-likeness (QED) is 0.390. The predicted octanol–water partition coefficient (Wildman–Crippen LogP) is 4.11. The second-order valence-electron chi connectivity index (χ2n) is 6.77. The lowest BCUT2D eigenvalue weighted by molar-refractivity contribution is -0.527. The number of hydroxylamine groups is 1. The summed E-state index contributed by atoms with van der Waals surface area (Å²) in [5.41, 5.74) is 2.73. The number of hydrogen-bond acceptors (Lipinski definition) is 5. The van der Waals surface area contributed by atoms with Crippen LogP contribution < -0.4 is 5.06 Å². The van der Waals surface area contributed by atoms with Crippen molar-refractivity contribution in [2.24, 2.45) is 0 Å². The van der Waals surface area contributed by atoms with Gasteiger partial charge in [0.15, 0.2) is 6.29 Å². The van der Waals surface area contributed by atoms with Gasteiger partial charge in [-0.3, -0.25) is 15.0 Å². The average Bonchev–Trinajstić information content (AvgIpc) is 2.67. The second kappa shape index (κ2) is 8.63. The number of nitro groups is 1. The van der Waals surface area contributed by atoms with Crippen LogP contribution in [0, 0.1) is 17.0 Å². The number of aldehydes is 1. The summed E-state index contributed by atoms with van der Waals surface area (Å²) in [7, 11) is 0. The maximum atomic E-state index is 11.9. The Morgan fingerprint density at radius 3 is 2.48 bits per heavy atom. The molecule has 0 aromatic heterocycles. The van der Waals surface area contributed by atoms with Crippen molar-refractivity contribution < 1.29 is 14.6 Å². The molecule has 142 valence electrons. The summed E-state index contributed by atoms with van der Waals surface area (Å²) < 4.78 is 0.900. The van der Waals surface area contributed by atoms with Gasteiger partial charge in [0, 0.05) is 15.8 Å². The van der Waals surface area contributed by atoms with E-state index in [2.05, 4.69) is 15.9 Å². The van der Waals surface area contributed by atoms with E-state index in [0.717, 1.165) is 21.9 Å². The van der Waals surface area contributed by atoms with E-state index in [1.807, 2.05) is 55.5 Å². The number of anilines is 1. The molecule has 2 aromatic rings. The lowest BCUT2D eigenvalue weighted by Crippen LogP contribution is -2.53. The molecule has 0 spiro atoms. The first kappa shape index (κ1) is 19.5. The van der Waals surface area contributed by atoms with E-state index < -0.39 is 18.2 Å². The van der Waals surface area contributed by atoms with Gasteiger partial charge in [-0.05, 0) is 49.6 Å². The Hall–Kier alpha value is -2.25. The van der Waals surface area contributed by atoms with Crippen LogP contribution in [0.3, 0.4) is 0 Å². The minimum Gasteiger partial charge on any atom is -0.300 e. The van der Waals surface area contributed by atoms with Crippen LogP contribution in [0.25, 0.3) is 0 Å². The van der Waals surface area contributed by atoms with Crippen molar-refractivity contribution in [3.8, 4) is 0 Å². The summed E-state index contributed by atoms with van der Waals surface area (Å²) in [6, 6.07) is 13.8. The molecule has 0 bridgehead atoms. The summed E-state index contributed by atoms with van der Waals surface area (Å²) in [5, 5.41) is 13.5. The molecule has 1 heterocycles. The molecule has 2 aromatic carbocycles. The number of carbonyl (C=O) groups excluding carboxylic acids is 1. The number of rotatable bonds is 6. The summed E-state index contributed by atoms with van der Waals surface area (Å²) in [6.07, 6.45) is 1.45. The highest BCUT2D eigenvalue weighted by Gasteiger charge is 2.41. The third-order valence-corrected chi connectivity index (χ3v) is 5.34. The first-order chi connectivity index (χ1) is 13.0. The molecule has 3 atom stereocenters. The number of benzene rings is 2. The van der Waals surface area contributed by atoms with Crippen LogP contribution in [0.5, 0.6) is 0 Å². The topological polar surface area (TPSA) is 72.7 Å². The van der Waals surface area contributed by atoms with Gasteiger partial charge in [-0.25, -0.2) is 5.06 Å². The van der Waals surface area contributed by atoms with Gasteiger partial charge < -0.3 is 4.79 Å². The summed E-state index contributed by atoms with van der Waals surface area (Å²) >= 11 is 3.39. The molecule has 1 unspecified atom stereocenters. The normalized spacial score (nSPS) is 20.9. The molecule has 0 aliphatic carbocycles. The van der Waals surface area contributed by atoms with E-state index in [4.69, 9.17) is 4.84 Å². The molecule has 1 saturated heterocycles. The van der Waals surface area contributed by atoms with Crippen molar-refractivity contribution in [2.75, 3.05) is 5.06 Å². The van der Waals surface area contributed by atoms with Crippen LogP contribution in [-0.2, 0) is 16.1 Å². The Morgan fingerprint density at radius 2 is 1.89 bits per heavy atom. The van der Waals surface area contributed by atoms with Crippen LogP contribution in [0.1, 0.15) is 24.0 Å². The van der Waals surface area contributed by atoms with Crippen molar-refractivity contribution in [1.82, 2.24) is 0 Å². The maximum absolute atomic E-state index is 11.9. The minimum absolute atomic E-state index is 0.235. The fraction of sp³-hybridized carbons (Fsp3) is 0.350. The summed E-state index contributed by atoms with van der Waals surface area (Å²) in [5.74, 6) is 0. The molecular formula is C20H21BrN2O4. The highest BCUT2D eigenvalue weighted by molar-refractivity contribution is 9.10. The van der Waals surface area contributed by atoms with Gasteiger partial charge in [-0.2, -0.15) is 0 Å². The molecular weight excluding hydrogens is 412 g/mol. The Labute approximate surface area is 166 Å². The molecule has 0 radical (unpaired) electrons. The molecule has 1 aliphatic heterocycles. The first-order valence-electron chi connectivity index (χ1n) is 8.84. The zero-order chi connectivity index (χ0) is 19.4. The van der Waals surface area contributed by atoms with Gasteiger partial charge in [-0.15, -0.1) is 0 Å². The van der Waals surface area contributed by atoms with Gasteiger partial charge >= 0.3 is 0 Å². The van der Waals surface area contributed by atoms with Crippen molar-refractivity contribution in [3.05, 3.63) is 74.2 Å². The van der Waals surface area contributed by atoms with E-state index >= 15 is 0 Å². The minimum atomic E-state index is -0.844. The van der Waals surface area contributed by atoms with Crippen molar-refractivity contribution in [3.63, 3.8) is 0 Å². The van der Waals surface area contributed by atoms with Gasteiger partial charge in [0.05, 0.1) is 5.69 Å². The molecule has 6 nitrogen and oxygen atoms in total. The van der Waals surface area contributed by atoms with Gasteiger partial charge in [0.1, 0.15) is 12.1 Å². The number of aryl methyl sites for hydroxylation is 1. The third kappa shape index (κ3) is 4.73. The van der Waals surface area contributed by atoms with Crippen molar-refractivity contribution in [1.29, 1.82) is 0 Å². The molecule has 7 heteroatoms. The number of nitrogens with zero attached hydrogens (tertiary/aromatic N) is 2. The molecule has 27 heavy (non-hydrogen) atoms. The monoisotopic (exact) mass is 432 g/mol. The number of hydrogen-bond donors (Lipinski definition) is 0. The SMILES string of the molecule is Cc1ccc(CC([C@H]2CC[C@H](C=O)ON2c2ccc(Br)cc2)[N+](=O)[O-])cc1. The van der Waals surface area contributed by atoms with Crippen LogP contribution in [0.2, 0.25) is 0 Å². The third-order valence-electron chi connectivity index (χ3n) is 4.81. The Morgan fingerprint density at radius 1 is 1.22 bits per heavy atom. The molecule has 1 aliphatic rings. The molecule has 0 saturated carbocycles. The Balaban J connectivity index is 1.89. The van der Waals surface area contributed by atoms with E-state index in [1.165, 1.54) is 0 Å². The maximum Gasteiger partial charge on any atom is 0.239 e. The Kier molecular flexibility index (Phi) is 6.23. The molecule has 0 N–H and O–H groups in total. The number of halogens is 1. The van der Waals surface area contributed by atoms with Crippen molar-refractivity contribution in [2.45, 2.75) is 44.4 Å². The van der Waals surface area contributed by atoms with Gasteiger partial charge in [0.2, 0.25) is 6.04 Å². The molecule has 1 fully saturated rings. The fourth-order valence-electron chi connectivity index (χ4n) is 3.33.